The summed E-state index contributed by atoms with van der Waals surface area (Å²) in [4.78, 5) is 12.7. The molecule has 0 N–H and O–H groups in total. The SMILES string of the molecule is CCN(CC(=O)C1CCOC1)CC(F)(F)F. The number of alkyl halides is 3. The van der Waals surface area contributed by atoms with Crippen LogP contribution >= 0.6 is 0 Å². The van der Waals surface area contributed by atoms with Crippen LogP contribution in [0.3, 0.4) is 0 Å². The van der Waals surface area contributed by atoms with Gasteiger partial charge in [0.1, 0.15) is 0 Å². The molecule has 1 heterocycles. The van der Waals surface area contributed by atoms with Gasteiger partial charge in [-0.05, 0) is 13.0 Å². The van der Waals surface area contributed by atoms with Gasteiger partial charge in [0, 0.05) is 12.5 Å². The van der Waals surface area contributed by atoms with Gasteiger partial charge in [-0.1, -0.05) is 6.92 Å². The van der Waals surface area contributed by atoms with Gasteiger partial charge in [-0.3, -0.25) is 9.69 Å². The maximum atomic E-state index is 12.1. The van der Waals surface area contributed by atoms with Crippen LogP contribution in [0.5, 0.6) is 0 Å². The lowest BCUT2D eigenvalue weighted by Gasteiger charge is -2.22. The van der Waals surface area contributed by atoms with E-state index >= 15 is 0 Å². The number of hydrogen-bond acceptors (Lipinski definition) is 3. The summed E-state index contributed by atoms with van der Waals surface area (Å²) in [5.74, 6) is -0.370. The van der Waals surface area contributed by atoms with Gasteiger partial charge in [0.2, 0.25) is 0 Å². The number of ether oxygens (including phenoxy) is 1. The molecule has 0 aromatic heterocycles. The summed E-state index contributed by atoms with van der Waals surface area (Å²) in [6.07, 6.45) is -3.62. The molecule has 0 spiro atoms. The van der Waals surface area contributed by atoms with Crippen molar-refractivity contribution in [2.24, 2.45) is 5.92 Å². The van der Waals surface area contributed by atoms with Gasteiger partial charge in [0.25, 0.3) is 0 Å². The number of Topliss-reactive ketones (excluding diaryl/α,β-unsaturated/α-hetero) is 1. The molecule has 3 nitrogen and oxygen atoms in total. The molecule has 94 valence electrons. The second kappa shape index (κ2) is 5.63. The molecule has 1 fully saturated rings. The van der Waals surface area contributed by atoms with Gasteiger partial charge >= 0.3 is 6.18 Å². The van der Waals surface area contributed by atoms with Gasteiger partial charge in [-0.2, -0.15) is 13.2 Å². The Hall–Kier alpha value is -0.620. The molecule has 1 atom stereocenters. The number of halogens is 3. The fourth-order valence-electron chi connectivity index (χ4n) is 1.67. The van der Waals surface area contributed by atoms with E-state index in [0.717, 1.165) is 4.90 Å². The largest absolute Gasteiger partial charge is 0.401 e. The molecule has 0 saturated carbocycles. The molecule has 0 aromatic rings. The van der Waals surface area contributed by atoms with Crippen LogP contribution in [-0.2, 0) is 9.53 Å². The zero-order chi connectivity index (χ0) is 12.2. The standard InChI is InChI=1S/C10H16F3NO2/c1-2-14(7-10(11,12)13)5-9(15)8-3-4-16-6-8/h8H,2-7H2,1H3. The number of ketones is 1. The summed E-state index contributed by atoms with van der Waals surface area (Å²) in [7, 11) is 0. The smallest absolute Gasteiger partial charge is 0.381 e. The van der Waals surface area contributed by atoms with E-state index in [4.69, 9.17) is 4.74 Å². The zero-order valence-electron chi connectivity index (χ0n) is 9.22. The number of carbonyl (C=O) groups is 1. The Bertz CT molecular complexity index is 237. The highest BCUT2D eigenvalue weighted by molar-refractivity contribution is 5.83. The Morgan fingerprint density at radius 3 is 2.62 bits per heavy atom. The molecule has 1 unspecified atom stereocenters. The third-order valence-electron chi connectivity index (χ3n) is 2.61. The second-order valence-electron chi connectivity index (χ2n) is 3.95. The lowest BCUT2D eigenvalue weighted by Crippen LogP contribution is -2.39. The number of hydrogen-bond donors (Lipinski definition) is 0. The van der Waals surface area contributed by atoms with E-state index in [-0.39, 0.29) is 24.8 Å². The van der Waals surface area contributed by atoms with E-state index in [2.05, 4.69) is 0 Å². The summed E-state index contributed by atoms with van der Waals surface area (Å²) in [6, 6.07) is 0. The van der Waals surface area contributed by atoms with Crippen LogP contribution in [0.25, 0.3) is 0 Å². The van der Waals surface area contributed by atoms with Crippen LogP contribution in [0.2, 0.25) is 0 Å². The van der Waals surface area contributed by atoms with Crippen LogP contribution < -0.4 is 0 Å². The number of carbonyl (C=O) groups excluding carboxylic acids is 1. The minimum absolute atomic E-state index is 0.135. The van der Waals surface area contributed by atoms with Gasteiger partial charge in [0.15, 0.2) is 5.78 Å². The lowest BCUT2D eigenvalue weighted by molar-refractivity contribution is -0.148. The van der Waals surface area contributed by atoms with Crippen molar-refractivity contribution in [3.05, 3.63) is 0 Å². The van der Waals surface area contributed by atoms with E-state index < -0.39 is 12.7 Å². The molecule has 1 saturated heterocycles. The third-order valence-corrected chi connectivity index (χ3v) is 2.61. The fraction of sp³-hybridized carbons (Fsp3) is 0.900. The first-order valence-corrected chi connectivity index (χ1v) is 5.32. The van der Waals surface area contributed by atoms with Crippen LogP contribution in [0.15, 0.2) is 0 Å². The van der Waals surface area contributed by atoms with Crippen molar-refractivity contribution in [1.29, 1.82) is 0 Å². The Morgan fingerprint density at radius 2 is 2.19 bits per heavy atom. The van der Waals surface area contributed by atoms with Crippen LogP contribution in [0.1, 0.15) is 13.3 Å². The lowest BCUT2D eigenvalue weighted by atomic mass is 10.0. The van der Waals surface area contributed by atoms with Crippen molar-refractivity contribution in [2.75, 3.05) is 32.8 Å². The molecular weight excluding hydrogens is 223 g/mol. The highest BCUT2D eigenvalue weighted by Gasteiger charge is 2.32. The van der Waals surface area contributed by atoms with Crippen LogP contribution in [-0.4, -0.2) is 49.7 Å². The second-order valence-corrected chi connectivity index (χ2v) is 3.95. The molecule has 0 radical (unpaired) electrons. The number of nitrogens with zero attached hydrogens (tertiary/aromatic N) is 1. The highest BCUT2D eigenvalue weighted by atomic mass is 19.4. The van der Waals surface area contributed by atoms with Crippen molar-refractivity contribution < 1.29 is 22.7 Å². The van der Waals surface area contributed by atoms with Gasteiger partial charge in [-0.15, -0.1) is 0 Å². The maximum Gasteiger partial charge on any atom is 0.401 e. The molecular formula is C10H16F3NO2. The average molecular weight is 239 g/mol. The molecule has 0 aliphatic carbocycles. The van der Waals surface area contributed by atoms with E-state index in [1.54, 1.807) is 6.92 Å². The molecule has 1 aliphatic heterocycles. The van der Waals surface area contributed by atoms with E-state index in [0.29, 0.717) is 19.6 Å². The minimum Gasteiger partial charge on any atom is -0.381 e. The summed E-state index contributed by atoms with van der Waals surface area (Å²) in [5, 5.41) is 0. The van der Waals surface area contributed by atoms with Crippen molar-refractivity contribution in [3.63, 3.8) is 0 Å². The van der Waals surface area contributed by atoms with Crippen molar-refractivity contribution in [1.82, 2.24) is 4.90 Å². The van der Waals surface area contributed by atoms with Crippen molar-refractivity contribution in [3.8, 4) is 0 Å². The molecule has 1 rings (SSSR count). The van der Waals surface area contributed by atoms with E-state index in [1.807, 2.05) is 0 Å². The quantitative estimate of drug-likeness (QED) is 0.727. The molecule has 0 bridgehead atoms. The number of rotatable bonds is 5. The Morgan fingerprint density at radius 1 is 1.50 bits per heavy atom. The van der Waals surface area contributed by atoms with E-state index in [1.165, 1.54) is 0 Å². The van der Waals surface area contributed by atoms with Crippen molar-refractivity contribution in [2.45, 2.75) is 19.5 Å². The Balaban J connectivity index is 2.40. The molecule has 1 aliphatic rings. The first-order valence-electron chi connectivity index (χ1n) is 5.32. The van der Waals surface area contributed by atoms with Crippen LogP contribution in [0.4, 0.5) is 13.2 Å². The highest BCUT2D eigenvalue weighted by Crippen LogP contribution is 2.18. The zero-order valence-corrected chi connectivity index (χ0v) is 9.22. The predicted octanol–water partition coefficient (Wildman–Crippen LogP) is 1.48. The van der Waals surface area contributed by atoms with Gasteiger partial charge < -0.3 is 4.74 Å². The van der Waals surface area contributed by atoms with Gasteiger partial charge in [0.05, 0.1) is 19.7 Å². The topological polar surface area (TPSA) is 29.5 Å². The Kier molecular flexibility index (Phi) is 4.73. The summed E-state index contributed by atoms with van der Waals surface area (Å²) < 4.78 is 41.5. The third kappa shape index (κ3) is 4.49. The average Bonchev–Trinajstić information content (AvgIpc) is 2.67. The van der Waals surface area contributed by atoms with Crippen molar-refractivity contribution >= 4 is 5.78 Å². The summed E-state index contributed by atoms with van der Waals surface area (Å²) >= 11 is 0. The first kappa shape index (κ1) is 13.4. The molecule has 6 heteroatoms. The van der Waals surface area contributed by atoms with E-state index in [9.17, 15) is 18.0 Å². The van der Waals surface area contributed by atoms with Crippen LogP contribution in [0, 0.1) is 5.92 Å². The first-order chi connectivity index (χ1) is 7.42. The predicted molar refractivity (Wildman–Crippen MR) is 52.1 cm³/mol. The minimum atomic E-state index is -4.25. The molecule has 0 aromatic carbocycles. The fourth-order valence-corrected chi connectivity index (χ4v) is 1.67. The van der Waals surface area contributed by atoms with Gasteiger partial charge in [-0.25, -0.2) is 0 Å². The summed E-state index contributed by atoms with van der Waals surface area (Å²) in [6.45, 7) is 1.56. The monoisotopic (exact) mass is 239 g/mol. The maximum absolute atomic E-state index is 12.1. The summed E-state index contributed by atoms with van der Waals surface area (Å²) in [5.41, 5.74) is 0. The Labute approximate surface area is 92.5 Å². The number of likely N-dealkylation sites (N-methyl/N-ethyl adjacent to an activating group) is 1. The molecule has 16 heavy (non-hydrogen) atoms. The molecule has 0 amide bonds. The normalized spacial score (nSPS) is 21.7.